The molecule has 3 N–H and O–H groups in total. The molecule has 0 aliphatic heterocycles. The number of carbonyl (C=O) groups excluding carboxylic acids is 1. The number of nitrogens with zero attached hydrogens (tertiary/aromatic N) is 1. The van der Waals surface area contributed by atoms with Gasteiger partial charge in [-0.2, -0.15) is 0 Å². The molecule has 0 heterocycles. The lowest BCUT2D eigenvalue weighted by Gasteiger charge is -2.20. The van der Waals surface area contributed by atoms with Crippen molar-refractivity contribution in [3.05, 3.63) is 0 Å². The van der Waals surface area contributed by atoms with Crippen LogP contribution in [0.1, 0.15) is 19.3 Å². The van der Waals surface area contributed by atoms with E-state index in [-0.39, 0.29) is 25.4 Å². The van der Waals surface area contributed by atoms with Crippen LogP contribution >= 0.6 is 0 Å². The van der Waals surface area contributed by atoms with Crippen molar-refractivity contribution >= 4 is 11.9 Å². The fraction of sp³-hybridized carbons (Fsp3) is 0.778. The van der Waals surface area contributed by atoms with E-state index in [1.165, 1.54) is 4.90 Å². The quantitative estimate of drug-likeness (QED) is 0.614. The third kappa shape index (κ3) is 3.74. The molecule has 1 aliphatic rings. The van der Waals surface area contributed by atoms with E-state index >= 15 is 0 Å². The fourth-order valence-corrected chi connectivity index (χ4v) is 1.31. The average molecular weight is 200 g/mol. The molecule has 1 saturated carbocycles. The number of carboxylic acid groups (broad SMARTS) is 1. The Kier molecular flexibility index (Phi) is 3.88. The summed E-state index contributed by atoms with van der Waals surface area (Å²) in [4.78, 5) is 23.3. The SMILES string of the molecule is NCCC(=O)N(CC(=O)O)CC1CC1. The summed E-state index contributed by atoms with van der Waals surface area (Å²) in [6.45, 7) is 0.653. The van der Waals surface area contributed by atoms with Gasteiger partial charge in [0, 0.05) is 19.5 Å². The number of hydrogen-bond acceptors (Lipinski definition) is 3. The van der Waals surface area contributed by atoms with Crippen molar-refractivity contribution in [2.45, 2.75) is 19.3 Å². The number of aliphatic carboxylic acids is 1. The van der Waals surface area contributed by atoms with Crippen molar-refractivity contribution < 1.29 is 14.7 Å². The summed E-state index contributed by atoms with van der Waals surface area (Å²) in [5, 5.41) is 8.61. The Bertz CT molecular complexity index is 226. The monoisotopic (exact) mass is 200 g/mol. The van der Waals surface area contributed by atoms with Crippen molar-refractivity contribution in [2.24, 2.45) is 11.7 Å². The molecule has 0 unspecified atom stereocenters. The molecule has 0 atom stereocenters. The van der Waals surface area contributed by atoms with E-state index in [2.05, 4.69) is 0 Å². The molecule has 80 valence electrons. The van der Waals surface area contributed by atoms with E-state index < -0.39 is 5.97 Å². The summed E-state index contributed by atoms with van der Waals surface area (Å²) in [6.07, 6.45) is 2.44. The molecule has 5 heteroatoms. The highest BCUT2D eigenvalue weighted by Crippen LogP contribution is 2.29. The molecule has 0 aromatic carbocycles. The Balaban J connectivity index is 2.41. The van der Waals surface area contributed by atoms with Crippen LogP contribution in [0.4, 0.5) is 0 Å². The van der Waals surface area contributed by atoms with Crippen LogP contribution in [0, 0.1) is 5.92 Å². The van der Waals surface area contributed by atoms with Gasteiger partial charge in [0.25, 0.3) is 0 Å². The molecule has 0 aromatic rings. The Labute approximate surface area is 82.9 Å². The molecule has 0 saturated heterocycles. The zero-order valence-electron chi connectivity index (χ0n) is 8.11. The standard InChI is InChI=1S/C9H16N2O3/c10-4-3-8(12)11(6-9(13)14)5-7-1-2-7/h7H,1-6,10H2,(H,13,14). The smallest absolute Gasteiger partial charge is 0.323 e. The van der Waals surface area contributed by atoms with Gasteiger partial charge in [-0.1, -0.05) is 0 Å². The van der Waals surface area contributed by atoms with Crippen molar-refractivity contribution in [1.29, 1.82) is 0 Å². The Morgan fingerprint density at radius 3 is 2.50 bits per heavy atom. The van der Waals surface area contributed by atoms with E-state index in [1.54, 1.807) is 0 Å². The molecule has 1 amide bonds. The van der Waals surface area contributed by atoms with Crippen LogP contribution in [0.5, 0.6) is 0 Å². The van der Waals surface area contributed by atoms with Crippen molar-refractivity contribution in [2.75, 3.05) is 19.6 Å². The molecular weight excluding hydrogens is 184 g/mol. The molecule has 0 aromatic heterocycles. The third-order valence-electron chi connectivity index (χ3n) is 2.21. The summed E-state index contributed by atoms with van der Waals surface area (Å²) >= 11 is 0. The molecule has 0 spiro atoms. The van der Waals surface area contributed by atoms with Crippen molar-refractivity contribution in [3.63, 3.8) is 0 Å². The van der Waals surface area contributed by atoms with Gasteiger partial charge < -0.3 is 15.7 Å². The number of amides is 1. The van der Waals surface area contributed by atoms with Gasteiger partial charge in [0.15, 0.2) is 0 Å². The Morgan fingerprint density at radius 2 is 2.07 bits per heavy atom. The first-order chi connectivity index (χ1) is 6.63. The van der Waals surface area contributed by atoms with E-state index in [0.29, 0.717) is 12.5 Å². The molecular formula is C9H16N2O3. The van der Waals surface area contributed by atoms with Gasteiger partial charge in [0.05, 0.1) is 0 Å². The summed E-state index contributed by atoms with van der Waals surface area (Å²) in [5.41, 5.74) is 5.25. The van der Waals surface area contributed by atoms with Gasteiger partial charge in [0.1, 0.15) is 6.54 Å². The van der Waals surface area contributed by atoms with Crippen LogP contribution < -0.4 is 5.73 Å². The van der Waals surface area contributed by atoms with Crippen LogP contribution in [0.2, 0.25) is 0 Å². The molecule has 5 nitrogen and oxygen atoms in total. The lowest BCUT2D eigenvalue weighted by Crippen LogP contribution is -2.38. The topological polar surface area (TPSA) is 83.6 Å². The minimum atomic E-state index is -0.962. The summed E-state index contributed by atoms with van der Waals surface area (Å²) in [5.74, 6) is -0.603. The predicted octanol–water partition coefficient (Wildman–Crippen LogP) is -0.342. The van der Waals surface area contributed by atoms with Crippen molar-refractivity contribution in [1.82, 2.24) is 4.90 Å². The summed E-state index contributed by atoms with van der Waals surface area (Å²) in [7, 11) is 0. The van der Waals surface area contributed by atoms with Crippen LogP contribution in [0.3, 0.4) is 0 Å². The van der Waals surface area contributed by atoms with E-state index in [9.17, 15) is 9.59 Å². The summed E-state index contributed by atoms with van der Waals surface area (Å²) < 4.78 is 0. The molecule has 1 aliphatic carbocycles. The van der Waals surface area contributed by atoms with Crippen LogP contribution in [0.15, 0.2) is 0 Å². The molecule has 0 radical (unpaired) electrons. The fourth-order valence-electron chi connectivity index (χ4n) is 1.31. The lowest BCUT2D eigenvalue weighted by atomic mass is 10.3. The second-order valence-electron chi connectivity index (χ2n) is 3.65. The molecule has 14 heavy (non-hydrogen) atoms. The minimum absolute atomic E-state index is 0.151. The van der Waals surface area contributed by atoms with E-state index in [4.69, 9.17) is 10.8 Å². The Morgan fingerprint density at radius 1 is 1.43 bits per heavy atom. The van der Waals surface area contributed by atoms with E-state index in [0.717, 1.165) is 12.8 Å². The minimum Gasteiger partial charge on any atom is -0.480 e. The first-order valence-corrected chi connectivity index (χ1v) is 4.83. The Hall–Kier alpha value is -1.10. The predicted molar refractivity (Wildman–Crippen MR) is 50.6 cm³/mol. The van der Waals surface area contributed by atoms with Crippen molar-refractivity contribution in [3.8, 4) is 0 Å². The molecule has 1 fully saturated rings. The second kappa shape index (κ2) is 4.95. The number of hydrogen-bond donors (Lipinski definition) is 2. The zero-order valence-corrected chi connectivity index (χ0v) is 8.11. The summed E-state index contributed by atoms with van der Waals surface area (Å²) in [6, 6.07) is 0. The van der Waals surface area contributed by atoms with Crippen LogP contribution in [0.25, 0.3) is 0 Å². The first-order valence-electron chi connectivity index (χ1n) is 4.83. The largest absolute Gasteiger partial charge is 0.480 e. The normalized spacial score (nSPS) is 15.2. The average Bonchev–Trinajstić information content (AvgIpc) is 2.86. The number of carboxylic acids is 1. The van der Waals surface area contributed by atoms with Gasteiger partial charge in [0.2, 0.25) is 5.91 Å². The van der Waals surface area contributed by atoms with Gasteiger partial charge >= 0.3 is 5.97 Å². The molecule has 1 rings (SSSR count). The van der Waals surface area contributed by atoms with Gasteiger partial charge in [-0.3, -0.25) is 9.59 Å². The highest BCUT2D eigenvalue weighted by molar-refractivity contribution is 5.81. The second-order valence-corrected chi connectivity index (χ2v) is 3.65. The van der Waals surface area contributed by atoms with Gasteiger partial charge in [-0.25, -0.2) is 0 Å². The lowest BCUT2D eigenvalue weighted by molar-refractivity contribution is -0.144. The number of nitrogens with two attached hydrogens (primary N) is 1. The number of rotatable bonds is 6. The highest BCUT2D eigenvalue weighted by atomic mass is 16.4. The van der Waals surface area contributed by atoms with Gasteiger partial charge in [-0.05, 0) is 18.8 Å². The molecule has 0 bridgehead atoms. The third-order valence-corrected chi connectivity index (χ3v) is 2.21. The maximum absolute atomic E-state index is 11.4. The van der Waals surface area contributed by atoms with E-state index in [1.807, 2.05) is 0 Å². The maximum atomic E-state index is 11.4. The van der Waals surface area contributed by atoms with Gasteiger partial charge in [-0.15, -0.1) is 0 Å². The maximum Gasteiger partial charge on any atom is 0.323 e. The highest BCUT2D eigenvalue weighted by Gasteiger charge is 2.27. The number of carbonyl (C=O) groups is 2. The van der Waals surface area contributed by atoms with Crippen LogP contribution in [-0.2, 0) is 9.59 Å². The first kappa shape index (κ1) is 11.0. The zero-order chi connectivity index (χ0) is 10.6. The van der Waals surface area contributed by atoms with Crippen LogP contribution in [-0.4, -0.2) is 41.5 Å².